The molecule has 1 heteroatoms. The van der Waals surface area contributed by atoms with Crippen LogP contribution in [0.5, 0.6) is 0 Å². The maximum Gasteiger partial charge on any atom is 0.136 e. The summed E-state index contributed by atoms with van der Waals surface area (Å²) in [6.07, 6.45) is 5.54. The van der Waals surface area contributed by atoms with E-state index in [2.05, 4.69) is 27.7 Å². The third kappa shape index (κ3) is 4.27. The minimum absolute atomic E-state index is 0.228. The van der Waals surface area contributed by atoms with Gasteiger partial charge in [-0.15, -0.1) is 0 Å². The molecular weight excluding hydrogens is 196 g/mol. The quantitative estimate of drug-likeness (QED) is 0.672. The molecule has 0 radical (unpaired) electrons. The van der Waals surface area contributed by atoms with E-state index in [0.717, 1.165) is 12.8 Å². The van der Waals surface area contributed by atoms with Crippen LogP contribution < -0.4 is 0 Å². The van der Waals surface area contributed by atoms with E-state index in [-0.39, 0.29) is 5.41 Å². The molecule has 1 saturated carbocycles. The van der Waals surface area contributed by atoms with Crippen LogP contribution in [0.2, 0.25) is 0 Å². The average Bonchev–Trinajstić information content (AvgIpc) is 2.19. The van der Waals surface area contributed by atoms with Gasteiger partial charge in [0.05, 0.1) is 0 Å². The SMILES string of the molecule is CC.CCCC(C)(C)C1CCC(C)CC1=O. The van der Waals surface area contributed by atoms with Crippen molar-refractivity contribution in [2.75, 3.05) is 0 Å². The van der Waals surface area contributed by atoms with Crippen LogP contribution in [0.4, 0.5) is 0 Å². The molecule has 1 nitrogen and oxygen atoms in total. The van der Waals surface area contributed by atoms with Crippen molar-refractivity contribution in [3.8, 4) is 0 Å². The van der Waals surface area contributed by atoms with Gasteiger partial charge >= 0.3 is 0 Å². The van der Waals surface area contributed by atoms with E-state index >= 15 is 0 Å². The maximum atomic E-state index is 11.9. The van der Waals surface area contributed by atoms with Gasteiger partial charge in [0.1, 0.15) is 5.78 Å². The molecular formula is C15H30O. The fourth-order valence-corrected chi connectivity index (χ4v) is 2.85. The lowest BCUT2D eigenvalue weighted by molar-refractivity contribution is -0.130. The van der Waals surface area contributed by atoms with E-state index in [1.165, 1.54) is 19.3 Å². The van der Waals surface area contributed by atoms with Crippen LogP contribution in [-0.4, -0.2) is 5.78 Å². The Hall–Kier alpha value is -0.330. The molecule has 0 spiro atoms. The predicted octanol–water partition coefficient (Wildman–Crippen LogP) is 4.84. The van der Waals surface area contributed by atoms with Crippen LogP contribution in [0.15, 0.2) is 0 Å². The largest absolute Gasteiger partial charge is 0.299 e. The zero-order chi connectivity index (χ0) is 12.8. The predicted molar refractivity (Wildman–Crippen MR) is 71.5 cm³/mol. The summed E-state index contributed by atoms with van der Waals surface area (Å²) >= 11 is 0. The number of Topliss-reactive ketones (excluding diaryl/α,β-unsaturated/α-hetero) is 1. The van der Waals surface area contributed by atoms with Crippen molar-refractivity contribution in [2.45, 2.75) is 73.6 Å². The molecule has 0 heterocycles. The third-order valence-corrected chi connectivity index (χ3v) is 3.72. The van der Waals surface area contributed by atoms with Gasteiger partial charge in [0, 0.05) is 12.3 Å². The zero-order valence-corrected chi connectivity index (χ0v) is 12.1. The zero-order valence-electron chi connectivity index (χ0n) is 12.1. The standard InChI is InChI=1S/C13H24O.C2H6/c1-5-8-13(3,4)11-7-6-10(2)9-12(11)14;1-2/h10-11H,5-9H2,1-4H3;1-2H3. The Labute approximate surface area is 102 Å². The molecule has 2 unspecified atom stereocenters. The van der Waals surface area contributed by atoms with E-state index in [0.29, 0.717) is 17.6 Å². The number of hydrogen-bond acceptors (Lipinski definition) is 1. The fourth-order valence-electron chi connectivity index (χ4n) is 2.85. The third-order valence-electron chi connectivity index (χ3n) is 3.72. The molecule has 0 aromatic heterocycles. The van der Waals surface area contributed by atoms with Crippen LogP contribution in [0, 0.1) is 17.3 Å². The normalized spacial score (nSPS) is 26.0. The van der Waals surface area contributed by atoms with Gasteiger partial charge in [0.2, 0.25) is 0 Å². The van der Waals surface area contributed by atoms with Gasteiger partial charge in [-0.05, 0) is 30.6 Å². The average molecular weight is 226 g/mol. The molecule has 96 valence electrons. The van der Waals surface area contributed by atoms with Crippen LogP contribution in [0.1, 0.15) is 73.6 Å². The number of hydrogen-bond donors (Lipinski definition) is 0. The van der Waals surface area contributed by atoms with Crippen LogP contribution >= 0.6 is 0 Å². The van der Waals surface area contributed by atoms with E-state index in [9.17, 15) is 4.79 Å². The monoisotopic (exact) mass is 226 g/mol. The summed E-state index contributed by atoms with van der Waals surface area (Å²) in [6, 6.07) is 0. The van der Waals surface area contributed by atoms with Crippen LogP contribution in [0.3, 0.4) is 0 Å². The summed E-state index contributed by atoms with van der Waals surface area (Å²) in [5.74, 6) is 1.47. The van der Waals surface area contributed by atoms with Crippen molar-refractivity contribution in [3.63, 3.8) is 0 Å². The smallest absolute Gasteiger partial charge is 0.136 e. The lowest BCUT2D eigenvalue weighted by atomic mass is 9.66. The Morgan fingerprint density at radius 1 is 1.25 bits per heavy atom. The van der Waals surface area contributed by atoms with Crippen molar-refractivity contribution in [1.29, 1.82) is 0 Å². The second-order valence-electron chi connectivity index (χ2n) is 5.64. The molecule has 0 bridgehead atoms. The summed E-state index contributed by atoms with van der Waals surface area (Å²) in [5.41, 5.74) is 0.228. The summed E-state index contributed by atoms with van der Waals surface area (Å²) in [6.45, 7) is 12.9. The lowest BCUT2D eigenvalue weighted by Crippen LogP contribution is -2.35. The highest BCUT2D eigenvalue weighted by Crippen LogP contribution is 2.40. The Morgan fingerprint density at radius 2 is 1.81 bits per heavy atom. The van der Waals surface area contributed by atoms with Gasteiger partial charge < -0.3 is 0 Å². The highest BCUT2D eigenvalue weighted by molar-refractivity contribution is 5.82. The molecule has 0 amide bonds. The van der Waals surface area contributed by atoms with Gasteiger partial charge in [-0.2, -0.15) is 0 Å². The summed E-state index contributed by atoms with van der Waals surface area (Å²) < 4.78 is 0. The minimum Gasteiger partial charge on any atom is -0.299 e. The molecule has 1 fully saturated rings. The lowest BCUT2D eigenvalue weighted by Gasteiger charge is -2.37. The van der Waals surface area contributed by atoms with Gasteiger partial charge in [-0.1, -0.05) is 48.0 Å². The van der Waals surface area contributed by atoms with Crippen LogP contribution in [0.25, 0.3) is 0 Å². The molecule has 0 aromatic rings. The topological polar surface area (TPSA) is 17.1 Å². The van der Waals surface area contributed by atoms with Crippen LogP contribution in [-0.2, 0) is 4.79 Å². The Balaban J connectivity index is 0.00000106. The molecule has 0 saturated heterocycles. The number of carbonyl (C=O) groups is 1. The van der Waals surface area contributed by atoms with Crippen molar-refractivity contribution >= 4 is 5.78 Å². The highest BCUT2D eigenvalue weighted by Gasteiger charge is 2.37. The first kappa shape index (κ1) is 15.7. The fraction of sp³-hybridized carbons (Fsp3) is 0.933. The molecule has 1 rings (SSSR count). The second-order valence-corrected chi connectivity index (χ2v) is 5.64. The maximum absolute atomic E-state index is 11.9. The molecule has 0 N–H and O–H groups in total. The Bertz CT molecular complexity index is 205. The van der Waals surface area contributed by atoms with Gasteiger partial charge in [0.15, 0.2) is 0 Å². The number of ketones is 1. The van der Waals surface area contributed by atoms with E-state index in [1.54, 1.807) is 0 Å². The summed E-state index contributed by atoms with van der Waals surface area (Å²) in [5, 5.41) is 0. The number of rotatable bonds is 3. The first-order valence-corrected chi connectivity index (χ1v) is 7.00. The Kier molecular flexibility index (Phi) is 6.94. The van der Waals surface area contributed by atoms with E-state index < -0.39 is 0 Å². The first-order chi connectivity index (χ1) is 7.47. The molecule has 0 aliphatic heterocycles. The molecule has 2 atom stereocenters. The van der Waals surface area contributed by atoms with Crippen molar-refractivity contribution in [2.24, 2.45) is 17.3 Å². The number of carbonyl (C=O) groups excluding carboxylic acids is 1. The second kappa shape index (κ2) is 7.09. The van der Waals surface area contributed by atoms with Gasteiger partial charge in [-0.3, -0.25) is 4.79 Å². The van der Waals surface area contributed by atoms with E-state index in [4.69, 9.17) is 0 Å². The molecule has 16 heavy (non-hydrogen) atoms. The summed E-state index contributed by atoms with van der Waals surface area (Å²) in [7, 11) is 0. The molecule has 1 aliphatic carbocycles. The highest BCUT2D eigenvalue weighted by atomic mass is 16.1. The van der Waals surface area contributed by atoms with Crippen molar-refractivity contribution in [1.82, 2.24) is 0 Å². The first-order valence-electron chi connectivity index (χ1n) is 7.00. The van der Waals surface area contributed by atoms with Crippen molar-refractivity contribution in [3.05, 3.63) is 0 Å². The molecule has 0 aromatic carbocycles. The Morgan fingerprint density at radius 3 is 2.25 bits per heavy atom. The molecule has 1 aliphatic rings. The summed E-state index contributed by atoms with van der Waals surface area (Å²) in [4.78, 5) is 11.9. The van der Waals surface area contributed by atoms with Gasteiger partial charge in [-0.25, -0.2) is 0 Å². The van der Waals surface area contributed by atoms with E-state index in [1.807, 2.05) is 13.8 Å². The minimum atomic E-state index is 0.228. The van der Waals surface area contributed by atoms with Gasteiger partial charge in [0.25, 0.3) is 0 Å². The van der Waals surface area contributed by atoms with Crippen molar-refractivity contribution < 1.29 is 4.79 Å².